The van der Waals surface area contributed by atoms with E-state index in [0.717, 1.165) is 22.3 Å². The van der Waals surface area contributed by atoms with Crippen LogP contribution in [0, 0.1) is 38.4 Å². The number of nitrogens with zero attached hydrogens (tertiary/aromatic N) is 3. The van der Waals surface area contributed by atoms with Crippen LogP contribution in [-0.2, 0) is 9.59 Å². The predicted molar refractivity (Wildman–Crippen MR) is 178 cm³/mol. The summed E-state index contributed by atoms with van der Waals surface area (Å²) < 4.78 is 44.3. The zero-order valence-electron chi connectivity index (χ0n) is 28.2. The number of allylic oxidation sites excluding steroid dienone is 2. The van der Waals surface area contributed by atoms with Crippen LogP contribution in [0.1, 0.15) is 61.4 Å². The summed E-state index contributed by atoms with van der Waals surface area (Å²) in [5, 5.41) is 10.1. The number of carbonyl (C=O) groups is 2. The van der Waals surface area contributed by atoms with E-state index < -0.39 is 36.1 Å². The van der Waals surface area contributed by atoms with Gasteiger partial charge >= 0.3 is 11.9 Å². The highest BCUT2D eigenvalue weighted by Crippen LogP contribution is 2.45. The molecule has 3 aliphatic heterocycles. The summed E-state index contributed by atoms with van der Waals surface area (Å²) in [5.41, 5.74) is 5.11. The molecule has 1 N–H and O–H groups in total. The van der Waals surface area contributed by atoms with Gasteiger partial charge in [0.05, 0.1) is 12.4 Å². The molecule has 6 nitrogen and oxygen atoms in total. The van der Waals surface area contributed by atoms with Gasteiger partial charge in [0.2, 0.25) is 0 Å². The summed E-state index contributed by atoms with van der Waals surface area (Å²) in [4.78, 5) is 30.9. The number of benzene rings is 2. The first-order valence-corrected chi connectivity index (χ1v) is 16.6. The Bertz CT molecular complexity index is 1600. The van der Waals surface area contributed by atoms with Crippen LogP contribution in [0.4, 0.5) is 13.2 Å². The second kappa shape index (κ2) is 13.8. The fourth-order valence-electron chi connectivity index (χ4n) is 7.36. The van der Waals surface area contributed by atoms with Crippen LogP contribution in [0.5, 0.6) is 0 Å². The fourth-order valence-corrected chi connectivity index (χ4v) is 7.36. The zero-order chi connectivity index (χ0) is 34.2. The highest BCUT2D eigenvalue weighted by atomic mass is 19.1. The monoisotopic (exact) mass is 650 g/mol. The van der Waals surface area contributed by atoms with Crippen molar-refractivity contribution in [1.29, 1.82) is 0 Å². The number of quaternary nitrogens is 1. The third kappa shape index (κ3) is 7.11. The van der Waals surface area contributed by atoms with Crippen LogP contribution in [-0.4, -0.2) is 76.7 Å². The molecule has 2 fully saturated rings. The maximum absolute atomic E-state index is 16.2. The van der Waals surface area contributed by atoms with Crippen LogP contribution >= 0.6 is 0 Å². The molecule has 2 aromatic rings. The maximum atomic E-state index is 16.2. The first-order valence-electron chi connectivity index (χ1n) is 16.6. The smallest absolute Gasteiger partial charge is 0.337 e. The van der Waals surface area contributed by atoms with Crippen molar-refractivity contribution in [2.24, 2.45) is 11.8 Å². The average Bonchev–Trinajstić information content (AvgIpc) is 3.79. The lowest BCUT2D eigenvalue weighted by Gasteiger charge is -2.39. The highest BCUT2D eigenvalue weighted by molar-refractivity contribution is 5.79. The second-order valence-corrected chi connectivity index (χ2v) is 14.1. The van der Waals surface area contributed by atoms with Crippen molar-refractivity contribution in [2.45, 2.75) is 66.0 Å². The van der Waals surface area contributed by atoms with Crippen molar-refractivity contribution in [3.8, 4) is 11.1 Å². The summed E-state index contributed by atoms with van der Waals surface area (Å²) in [6.07, 6.45) is 3.69. The predicted octanol–water partition coefficient (Wildman–Crippen LogP) is 7.56. The van der Waals surface area contributed by atoms with Crippen molar-refractivity contribution in [3.05, 3.63) is 94.4 Å². The SMILES string of the molecule is C=C1C(F)=CC(CCN2CC(CF)C2)=CN1C(CC(C)C)C(=O)[N+]1(C(CC(=O)O)c2cc(-c3c(C)cccc3C)cc(C)c2F)CC1. The maximum Gasteiger partial charge on any atom is 0.337 e. The average molecular weight is 651 g/mol. The Balaban J connectivity index is 1.52. The molecule has 2 aromatic carbocycles. The topological polar surface area (TPSA) is 60.9 Å². The van der Waals surface area contributed by atoms with Crippen LogP contribution in [0.3, 0.4) is 0 Å². The van der Waals surface area contributed by atoms with Crippen molar-refractivity contribution in [2.75, 3.05) is 39.4 Å². The lowest BCUT2D eigenvalue weighted by molar-refractivity contribution is -0.757. The van der Waals surface area contributed by atoms with Crippen LogP contribution in [0.15, 0.2) is 66.3 Å². The number of hydrogen-bond acceptors (Lipinski definition) is 4. The number of aryl methyl sites for hydroxylation is 3. The Kier molecular flexibility index (Phi) is 10.2. The van der Waals surface area contributed by atoms with Gasteiger partial charge in [-0.2, -0.15) is 0 Å². The molecule has 2 atom stereocenters. The molecule has 1 amide bonds. The third-order valence-electron chi connectivity index (χ3n) is 10.0. The Labute approximate surface area is 276 Å². The van der Waals surface area contributed by atoms with Crippen molar-refractivity contribution >= 4 is 11.9 Å². The molecule has 2 saturated heterocycles. The van der Waals surface area contributed by atoms with Crippen LogP contribution in [0.2, 0.25) is 0 Å². The molecule has 5 rings (SSSR count). The van der Waals surface area contributed by atoms with Gasteiger partial charge in [0.1, 0.15) is 43.2 Å². The molecule has 0 radical (unpaired) electrons. The molecule has 0 aliphatic carbocycles. The second-order valence-electron chi connectivity index (χ2n) is 14.1. The first kappa shape index (κ1) is 34.6. The van der Waals surface area contributed by atoms with E-state index in [0.29, 0.717) is 56.7 Å². The number of halogens is 3. The Hall–Kier alpha value is -3.69. The van der Waals surface area contributed by atoms with Gasteiger partial charge in [0.25, 0.3) is 0 Å². The Morgan fingerprint density at radius 3 is 2.30 bits per heavy atom. The Morgan fingerprint density at radius 2 is 1.72 bits per heavy atom. The van der Waals surface area contributed by atoms with Gasteiger partial charge in [-0.1, -0.05) is 38.6 Å². The fraction of sp³-hybridized carbons (Fsp3) is 0.474. The van der Waals surface area contributed by atoms with Gasteiger partial charge in [0, 0.05) is 37.3 Å². The lowest BCUT2D eigenvalue weighted by Crippen LogP contribution is -2.51. The molecule has 0 bridgehead atoms. The normalized spacial score (nSPS) is 19.3. The molecule has 0 saturated carbocycles. The Morgan fingerprint density at radius 1 is 1.06 bits per heavy atom. The number of carboxylic acids is 1. The van der Waals surface area contributed by atoms with Gasteiger partial charge in [-0.15, -0.1) is 0 Å². The van der Waals surface area contributed by atoms with Crippen molar-refractivity contribution in [1.82, 2.24) is 9.80 Å². The summed E-state index contributed by atoms with van der Waals surface area (Å²) in [7, 11) is 0. The minimum Gasteiger partial charge on any atom is -0.481 e. The summed E-state index contributed by atoms with van der Waals surface area (Å²) in [6.45, 7) is 15.9. The molecule has 0 aromatic heterocycles. The number of carboxylic acid groups (broad SMARTS) is 1. The molecule has 3 aliphatic rings. The first-order chi connectivity index (χ1) is 22.2. The molecule has 0 spiro atoms. The van der Waals surface area contributed by atoms with Gasteiger partial charge in [-0.25, -0.2) is 18.1 Å². The van der Waals surface area contributed by atoms with E-state index in [1.165, 1.54) is 6.08 Å². The van der Waals surface area contributed by atoms with E-state index in [-0.39, 0.29) is 40.2 Å². The minimum atomic E-state index is -1.12. The summed E-state index contributed by atoms with van der Waals surface area (Å²) in [6, 6.07) is 7.63. The van der Waals surface area contributed by atoms with Crippen LogP contribution < -0.4 is 0 Å². The number of rotatable bonds is 13. The number of aliphatic carboxylic acids is 1. The number of likely N-dealkylation sites (tertiary alicyclic amines) is 1. The largest absolute Gasteiger partial charge is 0.481 e. The zero-order valence-corrected chi connectivity index (χ0v) is 28.2. The van der Waals surface area contributed by atoms with Gasteiger partial charge in [-0.05, 0) is 91.1 Å². The molecule has 9 heteroatoms. The van der Waals surface area contributed by atoms with E-state index in [2.05, 4.69) is 11.5 Å². The molecule has 3 heterocycles. The summed E-state index contributed by atoms with van der Waals surface area (Å²) in [5.74, 6) is -2.33. The van der Waals surface area contributed by atoms with E-state index >= 15 is 8.78 Å². The van der Waals surface area contributed by atoms with Crippen LogP contribution in [0.25, 0.3) is 11.1 Å². The minimum absolute atomic E-state index is 0.0468. The molecular formula is C38H47F3N3O3+. The number of carbonyl (C=O) groups excluding carboxylic acids is 1. The highest BCUT2D eigenvalue weighted by Gasteiger charge is 2.60. The number of hydrogen-bond donors (Lipinski definition) is 1. The van der Waals surface area contributed by atoms with E-state index in [4.69, 9.17) is 0 Å². The summed E-state index contributed by atoms with van der Waals surface area (Å²) >= 11 is 0. The molecular weight excluding hydrogens is 603 g/mol. The number of amides is 1. The van der Waals surface area contributed by atoms with E-state index in [1.54, 1.807) is 30.2 Å². The van der Waals surface area contributed by atoms with Crippen molar-refractivity contribution < 1.29 is 32.3 Å². The van der Waals surface area contributed by atoms with Gasteiger partial charge in [-0.3, -0.25) is 9.18 Å². The standard InChI is InChI=1S/C38H46F3N3O3/c1-23(2)14-33(43-22-28(16-32(40)27(43)6)10-11-42-20-29(19-39)21-42)38(47)44(12-13-44)34(18-35(45)46)31-17-30(15-26(5)37(31)41)36-24(3)8-7-9-25(36)4/h7-9,15-17,22-23,29,33-34H,6,10-14,18-21H2,1-5H3/p+1. The van der Waals surface area contributed by atoms with Crippen molar-refractivity contribution in [3.63, 3.8) is 0 Å². The quantitative estimate of drug-likeness (QED) is 0.179. The molecule has 252 valence electrons. The number of alkyl halides is 1. The lowest BCUT2D eigenvalue weighted by atomic mass is 9.89. The van der Waals surface area contributed by atoms with E-state index in [1.807, 2.05) is 45.9 Å². The van der Waals surface area contributed by atoms with Gasteiger partial charge < -0.3 is 14.9 Å². The molecule has 47 heavy (non-hydrogen) atoms. The molecule has 2 unspecified atom stereocenters. The van der Waals surface area contributed by atoms with Gasteiger partial charge in [0.15, 0.2) is 0 Å². The third-order valence-corrected chi connectivity index (χ3v) is 10.0. The van der Waals surface area contributed by atoms with E-state index in [9.17, 15) is 19.1 Å².